The van der Waals surface area contributed by atoms with Gasteiger partial charge in [-0.15, -0.1) is 0 Å². The van der Waals surface area contributed by atoms with E-state index in [0.29, 0.717) is 5.75 Å². The van der Waals surface area contributed by atoms with Crippen molar-refractivity contribution in [1.82, 2.24) is 4.90 Å². The molecule has 0 saturated carbocycles. The van der Waals surface area contributed by atoms with Crippen molar-refractivity contribution < 1.29 is 14.2 Å². The molecule has 176 valence electrons. The standard InChI is InChI=1S/C29H31FN2O2/c1-22(34-27-13-12-23(21-31)28(30)20-27)14-17-32-18-15-26(16-19-32)29(33,24-8-4-2-5-9-24)25-10-6-3-7-11-25/h2-13,20,22,26,33H,14-19H2,1H3. The molecular formula is C29H31FN2O2. The molecule has 1 N–H and O–H groups in total. The Kier molecular flexibility index (Phi) is 7.62. The lowest BCUT2D eigenvalue weighted by Gasteiger charge is -2.42. The molecule has 1 atom stereocenters. The largest absolute Gasteiger partial charge is 0.491 e. The molecular weight excluding hydrogens is 427 g/mol. The summed E-state index contributed by atoms with van der Waals surface area (Å²) in [6.45, 7) is 4.67. The van der Waals surface area contributed by atoms with Crippen LogP contribution in [-0.2, 0) is 5.60 Å². The van der Waals surface area contributed by atoms with Gasteiger partial charge in [0.2, 0.25) is 0 Å². The number of nitriles is 1. The minimum atomic E-state index is -1.01. The average Bonchev–Trinajstić information content (AvgIpc) is 2.88. The summed E-state index contributed by atoms with van der Waals surface area (Å²) in [7, 11) is 0. The Morgan fingerprint density at radius 1 is 1.03 bits per heavy atom. The SMILES string of the molecule is CC(CCN1CCC(C(O)(c2ccccc2)c2ccccc2)CC1)Oc1ccc(C#N)c(F)c1. The molecule has 0 spiro atoms. The first-order chi connectivity index (χ1) is 16.5. The van der Waals surface area contributed by atoms with Crippen molar-refractivity contribution in [2.75, 3.05) is 19.6 Å². The Bertz CT molecular complexity index is 1070. The van der Waals surface area contributed by atoms with Crippen LogP contribution in [-0.4, -0.2) is 35.7 Å². The Morgan fingerprint density at radius 3 is 2.15 bits per heavy atom. The highest BCUT2D eigenvalue weighted by Crippen LogP contribution is 2.41. The van der Waals surface area contributed by atoms with E-state index < -0.39 is 11.4 Å². The summed E-state index contributed by atoms with van der Waals surface area (Å²) in [5.74, 6) is 0.0148. The summed E-state index contributed by atoms with van der Waals surface area (Å²) in [6.07, 6.45) is 2.54. The molecule has 1 heterocycles. The second kappa shape index (κ2) is 10.8. The van der Waals surface area contributed by atoms with E-state index in [4.69, 9.17) is 10.00 Å². The van der Waals surface area contributed by atoms with E-state index in [1.165, 1.54) is 12.1 Å². The number of hydrogen-bond acceptors (Lipinski definition) is 4. The van der Waals surface area contributed by atoms with Crippen LogP contribution in [0.1, 0.15) is 42.9 Å². The second-order valence-electron chi connectivity index (χ2n) is 9.08. The van der Waals surface area contributed by atoms with Crippen molar-refractivity contribution in [2.24, 2.45) is 5.92 Å². The third-order valence-corrected chi connectivity index (χ3v) is 6.86. The van der Waals surface area contributed by atoms with Gasteiger partial charge in [-0.25, -0.2) is 4.39 Å². The lowest BCUT2D eigenvalue weighted by Crippen LogP contribution is -2.44. The molecule has 4 rings (SSSR count). The van der Waals surface area contributed by atoms with Gasteiger partial charge in [-0.2, -0.15) is 5.26 Å². The number of aliphatic hydroxyl groups is 1. The first kappa shape index (κ1) is 23.9. The first-order valence-electron chi connectivity index (χ1n) is 11.9. The van der Waals surface area contributed by atoms with Crippen LogP contribution in [0.15, 0.2) is 78.9 Å². The van der Waals surface area contributed by atoms with Gasteiger partial charge in [0.15, 0.2) is 0 Å². The Morgan fingerprint density at radius 2 is 1.62 bits per heavy atom. The van der Waals surface area contributed by atoms with Crippen molar-refractivity contribution in [1.29, 1.82) is 5.26 Å². The molecule has 4 nitrogen and oxygen atoms in total. The van der Waals surface area contributed by atoms with E-state index in [1.54, 1.807) is 6.07 Å². The second-order valence-corrected chi connectivity index (χ2v) is 9.08. The molecule has 0 radical (unpaired) electrons. The summed E-state index contributed by atoms with van der Waals surface area (Å²) in [6, 6.07) is 26.2. The van der Waals surface area contributed by atoms with E-state index in [9.17, 15) is 9.50 Å². The Hall–Kier alpha value is -3.20. The smallest absolute Gasteiger partial charge is 0.144 e. The van der Waals surface area contributed by atoms with Gasteiger partial charge in [0, 0.05) is 12.6 Å². The number of piperidine rings is 1. The molecule has 0 amide bonds. The lowest BCUT2D eigenvalue weighted by molar-refractivity contribution is -0.0152. The normalized spacial score (nSPS) is 16.1. The molecule has 1 fully saturated rings. The molecule has 1 unspecified atom stereocenters. The molecule has 0 aromatic heterocycles. The van der Waals surface area contributed by atoms with Gasteiger partial charge in [-0.3, -0.25) is 0 Å². The van der Waals surface area contributed by atoms with Gasteiger partial charge in [0.1, 0.15) is 23.2 Å². The van der Waals surface area contributed by atoms with Gasteiger partial charge in [0.05, 0.1) is 11.7 Å². The minimum Gasteiger partial charge on any atom is -0.491 e. The number of ether oxygens (including phenoxy) is 1. The fourth-order valence-electron chi connectivity index (χ4n) is 4.91. The van der Waals surface area contributed by atoms with Crippen molar-refractivity contribution in [3.05, 3.63) is 101 Å². The van der Waals surface area contributed by atoms with Gasteiger partial charge in [-0.1, -0.05) is 60.7 Å². The zero-order chi connectivity index (χ0) is 24.0. The van der Waals surface area contributed by atoms with Crippen LogP contribution in [0.5, 0.6) is 5.75 Å². The highest BCUT2D eigenvalue weighted by atomic mass is 19.1. The number of hydrogen-bond donors (Lipinski definition) is 1. The van der Waals surface area contributed by atoms with Crippen molar-refractivity contribution in [3.63, 3.8) is 0 Å². The van der Waals surface area contributed by atoms with Crippen molar-refractivity contribution in [3.8, 4) is 11.8 Å². The summed E-state index contributed by atoms with van der Waals surface area (Å²) < 4.78 is 19.7. The van der Waals surface area contributed by atoms with Crippen LogP contribution in [0.25, 0.3) is 0 Å². The monoisotopic (exact) mass is 458 g/mol. The molecule has 34 heavy (non-hydrogen) atoms. The van der Waals surface area contributed by atoms with E-state index in [-0.39, 0.29) is 17.6 Å². The maximum Gasteiger partial charge on any atom is 0.144 e. The third-order valence-electron chi connectivity index (χ3n) is 6.86. The fourth-order valence-corrected chi connectivity index (χ4v) is 4.91. The van der Waals surface area contributed by atoms with Crippen LogP contribution in [0.2, 0.25) is 0 Å². The van der Waals surface area contributed by atoms with Gasteiger partial charge in [-0.05, 0) is 68.5 Å². The van der Waals surface area contributed by atoms with E-state index >= 15 is 0 Å². The molecule has 3 aromatic carbocycles. The molecule has 1 saturated heterocycles. The summed E-state index contributed by atoms with van der Waals surface area (Å²) in [5.41, 5.74) is 0.895. The van der Waals surface area contributed by atoms with Gasteiger partial charge >= 0.3 is 0 Å². The predicted molar refractivity (Wildman–Crippen MR) is 131 cm³/mol. The minimum absolute atomic E-state index is 0.0221. The molecule has 0 bridgehead atoms. The number of rotatable bonds is 8. The van der Waals surface area contributed by atoms with Crippen LogP contribution in [0, 0.1) is 23.1 Å². The number of nitrogens with zero attached hydrogens (tertiary/aromatic N) is 2. The summed E-state index contributed by atoms with van der Waals surface area (Å²) in [5, 5.41) is 20.9. The topological polar surface area (TPSA) is 56.5 Å². The lowest BCUT2D eigenvalue weighted by atomic mass is 9.72. The van der Waals surface area contributed by atoms with Crippen LogP contribution in [0.4, 0.5) is 4.39 Å². The maximum absolute atomic E-state index is 13.8. The zero-order valence-corrected chi connectivity index (χ0v) is 19.5. The average molecular weight is 459 g/mol. The van der Waals surface area contributed by atoms with Gasteiger partial charge in [0.25, 0.3) is 0 Å². The van der Waals surface area contributed by atoms with E-state index in [0.717, 1.165) is 50.0 Å². The quantitative estimate of drug-likeness (QED) is 0.484. The Balaban J connectivity index is 1.35. The number of halogens is 1. The third kappa shape index (κ3) is 5.30. The predicted octanol–water partition coefficient (Wildman–Crippen LogP) is 5.50. The summed E-state index contributed by atoms with van der Waals surface area (Å²) >= 11 is 0. The fraction of sp³-hybridized carbons (Fsp3) is 0.345. The number of benzene rings is 3. The van der Waals surface area contributed by atoms with Crippen molar-refractivity contribution in [2.45, 2.75) is 37.9 Å². The van der Waals surface area contributed by atoms with Crippen molar-refractivity contribution >= 4 is 0 Å². The highest BCUT2D eigenvalue weighted by molar-refractivity contribution is 5.37. The Labute approximate surface area is 201 Å². The highest BCUT2D eigenvalue weighted by Gasteiger charge is 2.41. The van der Waals surface area contributed by atoms with Gasteiger partial charge < -0.3 is 14.7 Å². The van der Waals surface area contributed by atoms with Crippen LogP contribution >= 0.6 is 0 Å². The van der Waals surface area contributed by atoms with E-state index in [2.05, 4.69) is 4.90 Å². The molecule has 0 aliphatic carbocycles. The molecule has 1 aliphatic heterocycles. The molecule has 3 aromatic rings. The number of likely N-dealkylation sites (tertiary alicyclic amines) is 1. The van der Waals surface area contributed by atoms with Crippen LogP contribution in [0.3, 0.4) is 0 Å². The summed E-state index contributed by atoms with van der Waals surface area (Å²) in [4.78, 5) is 2.41. The molecule has 5 heteroatoms. The zero-order valence-electron chi connectivity index (χ0n) is 19.5. The maximum atomic E-state index is 13.8. The first-order valence-corrected chi connectivity index (χ1v) is 11.9. The van der Waals surface area contributed by atoms with Crippen LogP contribution < -0.4 is 4.74 Å². The van der Waals surface area contributed by atoms with E-state index in [1.807, 2.05) is 73.7 Å². The molecule has 1 aliphatic rings.